The Kier molecular flexibility index (Phi) is 30.0. The molecule has 0 radical (unpaired) electrons. The zero-order valence-electron chi connectivity index (χ0n) is 28.6. The molecule has 45 heavy (non-hydrogen) atoms. The van der Waals surface area contributed by atoms with E-state index in [2.05, 4.69) is 24.5 Å². The lowest BCUT2D eigenvalue weighted by Crippen LogP contribution is -2.31. The van der Waals surface area contributed by atoms with Gasteiger partial charge in [0, 0.05) is 43.7 Å². The van der Waals surface area contributed by atoms with Gasteiger partial charge >= 0.3 is 12.2 Å². The average Bonchev–Trinajstić information content (AvgIpc) is 3.02. The van der Waals surface area contributed by atoms with Crippen molar-refractivity contribution in [3.63, 3.8) is 0 Å². The van der Waals surface area contributed by atoms with E-state index in [0.29, 0.717) is 13.1 Å². The Hall–Kier alpha value is -2.33. The van der Waals surface area contributed by atoms with Crippen molar-refractivity contribution in [3.05, 3.63) is 11.6 Å². The van der Waals surface area contributed by atoms with E-state index < -0.39 is 29.9 Å². The summed E-state index contributed by atoms with van der Waals surface area (Å²) in [5.74, 6) is -1.82. The maximum absolute atomic E-state index is 12.4. The molecule has 0 heterocycles. The second-order valence-corrected chi connectivity index (χ2v) is 12.2. The molecule has 2 atom stereocenters. The van der Waals surface area contributed by atoms with Crippen molar-refractivity contribution in [2.24, 2.45) is 17.6 Å². The first-order valence-electron chi connectivity index (χ1n) is 17.9. The van der Waals surface area contributed by atoms with Crippen LogP contribution in [0.5, 0.6) is 0 Å². The molecule has 3 amide bonds. The number of primary amides is 1. The van der Waals surface area contributed by atoms with E-state index in [0.717, 1.165) is 38.5 Å². The minimum atomic E-state index is -0.718. The molecule has 0 aromatic rings. The molecule has 264 valence electrons. The number of aliphatic hydroxyl groups excluding tert-OH is 2. The Labute approximate surface area is 273 Å². The van der Waals surface area contributed by atoms with Crippen LogP contribution in [0.1, 0.15) is 142 Å². The highest BCUT2D eigenvalue weighted by Gasteiger charge is 2.23. The van der Waals surface area contributed by atoms with Crippen LogP contribution in [0, 0.1) is 11.8 Å². The summed E-state index contributed by atoms with van der Waals surface area (Å²) in [5, 5.41) is 24.6. The van der Waals surface area contributed by atoms with Crippen molar-refractivity contribution < 1.29 is 34.1 Å². The molecule has 0 saturated carbocycles. The predicted molar refractivity (Wildman–Crippen MR) is 181 cm³/mol. The molecule has 10 heteroatoms. The van der Waals surface area contributed by atoms with Crippen molar-refractivity contribution in [1.29, 1.82) is 0 Å². The highest BCUT2D eigenvalue weighted by molar-refractivity contribution is 5.92. The SMILES string of the molecule is CCCCCCCCCCCNC(=O)OCC(C=C(C(N)=O)C(CCO)COC(=O)NCCCCCCCCCCC)CCO. The number of rotatable bonds is 31. The van der Waals surface area contributed by atoms with Crippen LogP contribution >= 0.6 is 0 Å². The van der Waals surface area contributed by atoms with E-state index in [-0.39, 0.29) is 44.8 Å². The Bertz CT molecular complexity index is 764. The quantitative estimate of drug-likeness (QED) is 0.0406. The van der Waals surface area contributed by atoms with E-state index in [9.17, 15) is 24.6 Å². The summed E-state index contributed by atoms with van der Waals surface area (Å²) in [6.07, 6.45) is 22.3. The summed E-state index contributed by atoms with van der Waals surface area (Å²) < 4.78 is 10.7. The summed E-state index contributed by atoms with van der Waals surface area (Å²) in [4.78, 5) is 36.8. The van der Waals surface area contributed by atoms with Crippen LogP contribution in [0.4, 0.5) is 9.59 Å². The lowest BCUT2D eigenvalue weighted by Gasteiger charge is -2.20. The lowest BCUT2D eigenvalue weighted by molar-refractivity contribution is -0.115. The maximum Gasteiger partial charge on any atom is 0.407 e. The van der Waals surface area contributed by atoms with Crippen LogP contribution in [0.3, 0.4) is 0 Å². The van der Waals surface area contributed by atoms with E-state index >= 15 is 0 Å². The molecule has 0 rings (SSSR count). The third-order valence-electron chi connectivity index (χ3n) is 8.06. The standard InChI is InChI=1S/C35H67N3O7/c1-3-5-7-9-11-13-15-17-19-23-37-34(42)44-28-30(21-25-39)27-32(33(36)41)31(22-26-40)29-45-35(43)38-24-20-18-16-14-12-10-8-6-4-2/h27,30-31,39-40H,3-26,28-29H2,1-2H3,(H2,36,41)(H,37,42)(H,38,43). The van der Waals surface area contributed by atoms with Crippen molar-refractivity contribution in [2.45, 2.75) is 142 Å². The fourth-order valence-corrected chi connectivity index (χ4v) is 5.25. The predicted octanol–water partition coefficient (Wildman–Crippen LogP) is 6.91. The topological polar surface area (TPSA) is 160 Å². The number of carbonyl (C=O) groups excluding carboxylic acids is 3. The van der Waals surface area contributed by atoms with E-state index in [1.807, 2.05) is 0 Å². The van der Waals surface area contributed by atoms with Gasteiger partial charge in [-0.1, -0.05) is 123 Å². The zero-order valence-corrected chi connectivity index (χ0v) is 28.6. The van der Waals surface area contributed by atoms with Gasteiger partial charge in [-0.25, -0.2) is 9.59 Å². The van der Waals surface area contributed by atoms with Crippen LogP contribution in [-0.4, -0.2) is 67.8 Å². The van der Waals surface area contributed by atoms with Crippen molar-refractivity contribution in [2.75, 3.05) is 39.5 Å². The number of carbonyl (C=O) groups is 3. The number of nitrogens with one attached hydrogen (secondary N) is 2. The largest absolute Gasteiger partial charge is 0.449 e. The average molecular weight is 642 g/mol. The third kappa shape index (κ3) is 26.6. The molecule has 0 spiro atoms. The highest BCUT2D eigenvalue weighted by Crippen LogP contribution is 2.20. The number of ether oxygens (including phenoxy) is 2. The normalized spacial score (nSPS) is 12.8. The summed E-state index contributed by atoms with van der Waals surface area (Å²) in [5.41, 5.74) is 5.84. The van der Waals surface area contributed by atoms with E-state index in [1.165, 1.54) is 77.0 Å². The Balaban J connectivity index is 4.57. The smallest absolute Gasteiger partial charge is 0.407 e. The molecule has 2 unspecified atom stereocenters. The van der Waals surface area contributed by atoms with Crippen molar-refractivity contribution in [3.8, 4) is 0 Å². The second kappa shape index (κ2) is 31.6. The number of alkyl carbamates (subject to hydrolysis) is 2. The lowest BCUT2D eigenvalue weighted by atomic mass is 9.91. The van der Waals surface area contributed by atoms with Gasteiger partial charge in [0.05, 0.1) is 6.61 Å². The van der Waals surface area contributed by atoms with E-state index in [1.54, 1.807) is 6.08 Å². The number of hydrogen-bond donors (Lipinski definition) is 5. The molecule has 0 bridgehead atoms. The molecular formula is C35H67N3O7. The molecule has 0 aromatic carbocycles. The minimum Gasteiger partial charge on any atom is -0.449 e. The number of hydrogen-bond acceptors (Lipinski definition) is 7. The second-order valence-electron chi connectivity index (χ2n) is 12.2. The van der Waals surface area contributed by atoms with Gasteiger partial charge in [-0.15, -0.1) is 0 Å². The highest BCUT2D eigenvalue weighted by atomic mass is 16.6. The summed E-state index contributed by atoms with van der Waals surface area (Å²) in [7, 11) is 0. The summed E-state index contributed by atoms with van der Waals surface area (Å²) in [6.45, 7) is 4.87. The Morgan fingerprint density at radius 2 is 1.02 bits per heavy atom. The van der Waals surface area contributed by atoms with Gasteiger partial charge in [-0.3, -0.25) is 4.79 Å². The molecule has 0 aliphatic carbocycles. The van der Waals surface area contributed by atoms with Crippen molar-refractivity contribution >= 4 is 18.1 Å². The van der Waals surface area contributed by atoms with Gasteiger partial charge in [0.2, 0.25) is 5.91 Å². The fraction of sp³-hybridized carbons (Fsp3) is 0.857. The number of unbranched alkanes of at least 4 members (excludes halogenated alkanes) is 16. The van der Waals surface area contributed by atoms with Crippen LogP contribution in [0.15, 0.2) is 11.6 Å². The minimum absolute atomic E-state index is 0.0487. The van der Waals surface area contributed by atoms with Crippen molar-refractivity contribution in [1.82, 2.24) is 10.6 Å². The Morgan fingerprint density at radius 3 is 1.42 bits per heavy atom. The third-order valence-corrected chi connectivity index (χ3v) is 8.06. The van der Waals surface area contributed by atoms with Crippen LogP contribution in [0.2, 0.25) is 0 Å². The van der Waals surface area contributed by atoms with Gasteiger partial charge in [0.15, 0.2) is 0 Å². The fourth-order valence-electron chi connectivity index (χ4n) is 5.25. The first kappa shape index (κ1) is 42.7. The molecule has 10 nitrogen and oxygen atoms in total. The number of amides is 3. The zero-order chi connectivity index (χ0) is 33.4. The van der Waals surface area contributed by atoms with Crippen LogP contribution in [0.25, 0.3) is 0 Å². The molecule has 0 aliphatic rings. The molecule has 0 fully saturated rings. The van der Waals surface area contributed by atoms with Crippen LogP contribution in [-0.2, 0) is 14.3 Å². The van der Waals surface area contributed by atoms with Crippen LogP contribution < -0.4 is 16.4 Å². The van der Waals surface area contributed by atoms with Gasteiger partial charge < -0.3 is 36.1 Å². The number of aliphatic hydroxyl groups is 2. The molecular weight excluding hydrogens is 574 g/mol. The summed E-state index contributed by atoms with van der Waals surface area (Å²) in [6, 6.07) is 0. The molecule has 6 N–H and O–H groups in total. The first-order valence-corrected chi connectivity index (χ1v) is 17.9. The van der Waals surface area contributed by atoms with Gasteiger partial charge in [0.1, 0.15) is 6.61 Å². The molecule has 0 aliphatic heterocycles. The molecule has 0 aromatic heterocycles. The summed E-state index contributed by atoms with van der Waals surface area (Å²) >= 11 is 0. The first-order chi connectivity index (χ1) is 21.9. The van der Waals surface area contributed by atoms with E-state index in [4.69, 9.17) is 15.2 Å². The Morgan fingerprint density at radius 1 is 0.622 bits per heavy atom. The monoisotopic (exact) mass is 641 g/mol. The van der Waals surface area contributed by atoms with Gasteiger partial charge in [-0.2, -0.15) is 0 Å². The maximum atomic E-state index is 12.4. The molecule has 0 saturated heterocycles. The number of nitrogens with two attached hydrogens (primary N) is 1. The van der Waals surface area contributed by atoms with Gasteiger partial charge in [0.25, 0.3) is 0 Å². The van der Waals surface area contributed by atoms with Gasteiger partial charge in [-0.05, 0) is 25.7 Å².